The van der Waals surface area contributed by atoms with Crippen molar-refractivity contribution in [2.45, 2.75) is 26.8 Å². The minimum atomic E-state index is 0.250. The normalized spacial score (nSPS) is 19.7. The first kappa shape index (κ1) is 10.1. The van der Waals surface area contributed by atoms with Crippen LogP contribution in [0.2, 0.25) is 0 Å². The van der Waals surface area contributed by atoms with Gasteiger partial charge in [0.1, 0.15) is 0 Å². The second-order valence-corrected chi connectivity index (χ2v) is 4.28. The fourth-order valence-corrected chi connectivity index (χ4v) is 1.64. The zero-order chi connectivity index (χ0) is 10.8. The second kappa shape index (κ2) is 3.97. The Hall–Kier alpha value is -1.44. The highest BCUT2D eigenvalue weighted by atomic mass is 15.0. The summed E-state index contributed by atoms with van der Waals surface area (Å²) in [6.07, 6.45) is 1.95. The molecule has 0 radical (unpaired) electrons. The molecule has 1 unspecified atom stereocenters. The zero-order valence-electron chi connectivity index (χ0n) is 9.44. The Morgan fingerprint density at radius 1 is 1.20 bits per heavy atom. The summed E-state index contributed by atoms with van der Waals surface area (Å²) >= 11 is 0. The first-order valence-electron chi connectivity index (χ1n) is 5.36. The first-order valence-corrected chi connectivity index (χ1v) is 5.36. The highest BCUT2D eigenvalue weighted by Gasteiger charge is 2.17. The van der Waals surface area contributed by atoms with Crippen LogP contribution in [0.15, 0.2) is 34.3 Å². The van der Waals surface area contributed by atoms with E-state index in [1.807, 2.05) is 18.3 Å². The van der Waals surface area contributed by atoms with E-state index in [-0.39, 0.29) is 6.04 Å². The molecular formula is C13H16N2. The first-order chi connectivity index (χ1) is 7.18. The van der Waals surface area contributed by atoms with Crippen LogP contribution in [-0.4, -0.2) is 18.1 Å². The molecule has 78 valence electrons. The lowest BCUT2D eigenvalue weighted by molar-refractivity contribution is 0.610. The lowest BCUT2D eigenvalue weighted by Crippen LogP contribution is -2.11. The van der Waals surface area contributed by atoms with E-state index in [2.05, 4.69) is 42.9 Å². The van der Waals surface area contributed by atoms with Gasteiger partial charge in [-0.05, 0) is 18.4 Å². The third kappa shape index (κ3) is 1.99. The minimum absolute atomic E-state index is 0.250. The van der Waals surface area contributed by atoms with Crippen LogP contribution in [0.3, 0.4) is 0 Å². The van der Waals surface area contributed by atoms with Gasteiger partial charge in [0.25, 0.3) is 0 Å². The fourth-order valence-electron chi connectivity index (χ4n) is 1.64. The molecule has 15 heavy (non-hydrogen) atoms. The van der Waals surface area contributed by atoms with E-state index in [0.29, 0.717) is 5.92 Å². The van der Waals surface area contributed by atoms with E-state index < -0.39 is 0 Å². The van der Waals surface area contributed by atoms with Gasteiger partial charge in [-0.3, -0.25) is 4.99 Å². The van der Waals surface area contributed by atoms with Crippen molar-refractivity contribution in [3.63, 3.8) is 0 Å². The van der Waals surface area contributed by atoms with Gasteiger partial charge in [-0.1, -0.05) is 38.1 Å². The number of aliphatic imine (C=N–C) groups is 2. The molecule has 1 atom stereocenters. The number of hydrogen-bond donors (Lipinski definition) is 0. The third-order valence-corrected chi connectivity index (χ3v) is 2.69. The third-order valence-electron chi connectivity index (χ3n) is 2.69. The summed E-state index contributed by atoms with van der Waals surface area (Å²) in [4.78, 5) is 9.01. The van der Waals surface area contributed by atoms with Crippen molar-refractivity contribution in [1.82, 2.24) is 0 Å². The fraction of sp³-hybridized carbons (Fsp3) is 0.385. The maximum atomic E-state index is 4.61. The number of nitrogens with zero attached hydrogens (tertiary/aromatic N) is 2. The van der Waals surface area contributed by atoms with Gasteiger partial charge in [0, 0.05) is 11.8 Å². The van der Waals surface area contributed by atoms with Crippen LogP contribution in [0.25, 0.3) is 0 Å². The molecule has 0 saturated carbocycles. The molecule has 0 fully saturated rings. The average molecular weight is 200 g/mol. The van der Waals surface area contributed by atoms with Crippen LogP contribution in [-0.2, 0) is 0 Å². The highest BCUT2D eigenvalue weighted by molar-refractivity contribution is 6.07. The second-order valence-electron chi connectivity index (χ2n) is 4.28. The molecule has 0 spiro atoms. The van der Waals surface area contributed by atoms with Gasteiger partial charge in [-0.15, -0.1) is 0 Å². The summed E-state index contributed by atoms with van der Waals surface area (Å²) in [6.45, 7) is 6.43. The SMILES string of the molecule is Cc1ccccc1C1=NC(C(C)C)C=N1. The van der Waals surface area contributed by atoms with Crippen LogP contribution in [0.1, 0.15) is 25.0 Å². The topological polar surface area (TPSA) is 24.7 Å². The number of rotatable bonds is 2. The van der Waals surface area contributed by atoms with Crippen molar-refractivity contribution in [1.29, 1.82) is 0 Å². The van der Waals surface area contributed by atoms with Crippen LogP contribution >= 0.6 is 0 Å². The van der Waals surface area contributed by atoms with Gasteiger partial charge in [0.15, 0.2) is 5.84 Å². The molecule has 1 aliphatic rings. The summed E-state index contributed by atoms with van der Waals surface area (Å²) < 4.78 is 0. The average Bonchev–Trinajstić information content (AvgIpc) is 2.67. The number of benzene rings is 1. The monoisotopic (exact) mass is 200 g/mol. The molecule has 2 heteroatoms. The lowest BCUT2D eigenvalue weighted by atomic mass is 10.1. The Labute approximate surface area is 90.8 Å². The van der Waals surface area contributed by atoms with Crippen molar-refractivity contribution >= 4 is 12.1 Å². The number of aryl methyl sites for hydroxylation is 1. The molecule has 2 rings (SSSR count). The molecule has 1 aromatic rings. The quantitative estimate of drug-likeness (QED) is 0.701. The van der Waals surface area contributed by atoms with Gasteiger partial charge in [-0.2, -0.15) is 0 Å². The minimum Gasteiger partial charge on any atom is -0.257 e. The van der Waals surface area contributed by atoms with E-state index in [1.54, 1.807) is 0 Å². The van der Waals surface area contributed by atoms with Gasteiger partial charge >= 0.3 is 0 Å². The summed E-state index contributed by atoms with van der Waals surface area (Å²) in [6, 6.07) is 8.49. The Balaban J connectivity index is 2.32. The summed E-state index contributed by atoms with van der Waals surface area (Å²) in [5.74, 6) is 1.40. The van der Waals surface area contributed by atoms with E-state index in [9.17, 15) is 0 Å². The molecule has 0 saturated heterocycles. The van der Waals surface area contributed by atoms with Crippen LogP contribution in [0.4, 0.5) is 0 Å². The van der Waals surface area contributed by atoms with Crippen LogP contribution in [0, 0.1) is 12.8 Å². The Kier molecular flexibility index (Phi) is 2.67. The lowest BCUT2D eigenvalue weighted by Gasteiger charge is -2.06. The molecule has 0 bridgehead atoms. The predicted molar refractivity (Wildman–Crippen MR) is 64.8 cm³/mol. The van der Waals surface area contributed by atoms with Gasteiger partial charge < -0.3 is 0 Å². The summed E-state index contributed by atoms with van der Waals surface area (Å²) in [5, 5.41) is 0. The zero-order valence-corrected chi connectivity index (χ0v) is 9.44. The van der Waals surface area contributed by atoms with Crippen molar-refractivity contribution in [3.8, 4) is 0 Å². The maximum Gasteiger partial charge on any atom is 0.155 e. The molecule has 2 nitrogen and oxygen atoms in total. The Morgan fingerprint density at radius 2 is 1.93 bits per heavy atom. The molecular weight excluding hydrogens is 184 g/mol. The van der Waals surface area contributed by atoms with Crippen molar-refractivity contribution in [3.05, 3.63) is 35.4 Å². The van der Waals surface area contributed by atoms with Crippen molar-refractivity contribution in [2.75, 3.05) is 0 Å². The molecule has 0 aliphatic carbocycles. The number of amidine groups is 1. The smallest absolute Gasteiger partial charge is 0.155 e. The Bertz CT molecular complexity index is 416. The van der Waals surface area contributed by atoms with Gasteiger partial charge in [0.2, 0.25) is 0 Å². The van der Waals surface area contributed by atoms with Gasteiger partial charge in [0.05, 0.1) is 6.04 Å². The molecule has 1 aliphatic heterocycles. The molecule has 1 aromatic carbocycles. The van der Waals surface area contributed by atoms with Crippen LogP contribution in [0.5, 0.6) is 0 Å². The number of hydrogen-bond acceptors (Lipinski definition) is 2. The maximum absolute atomic E-state index is 4.61. The molecule has 0 amide bonds. The van der Waals surface area contributed by atoms with Gasteiger partial charge in [-0.25, -0.2) is 4.99 Å². The van der Waals surface area contributed by atoms with Crippen LogP contribution < -0.4 is 0 Å². The van der Waals surface area contributed by atoms with E-state index in [1.165, 1.54) is 5.56 Å². The van der Waals surface area contributed by atoms with E-state index >= 15 is 0 Å². The highest BCUT2D eigenvalue weighted by Crippen LogP contribution is 2.16. The summed E-state index contributed by atoms with van der Waals surface area (Å²) in [7, 11) is 0. The molecule has 0 N–H and O–H groups in total. The van der Waals surface area contributed by atoms with E-state index in [0.717, 1.165) is 11.4 Å². The van der Waals surface area contributed by atoms with Crippen molar-refractivity contribution < 1.29 is 0 Å². The summed E-state index contributed by atoms with van der Waals surface area (Å²) in [5.41, 5.74) is 2.38. The molecule has 0 aromatic heterocycles. The van der Waals surface area contributed by atoms with Crippen molar-refractivity contribution in [2.24, 2.45) is 15.9 Å². The molecule has 1 heterocycles. The van der Waals surface area contributed by atoms with E-state index in [4.69, 9.17) is 0 Å². The predicted octanol–water partition coefficient (Wildman–Crippen LogP) is 2.85. The standard InChI is InChI=1S/C13H16N2/c1-9(2)12-8-14-13(15-12)11-7-5-4-6-10(11)3/h4-9,12H,1-3H3. The Morgan fingerprint density at radius 3 is 2.53 bits per heavy atom. The largest absolute Gasteiger partial charge is 0.257 e.